The molecule has 0 aliphatic heterocycles. The summed E-state index contributed by atoms with van der Waals surface area (Å²) in [5, 5.41) is 0. The SMILES string of the molecule is C/C=C/c1ccnc(-c2cc(/C=C/C)ccn2)c1. The Morgan fingerprint density at radius 1 is 0.778 bits per heavy atom. The van der Waals surface area contributed by atoms with Gasteiger partial charge in [-0.15, -0.1) is 0 Å². The van der Waals surface area contributed by atoms with E-state index in [1.165, 1.54) is 0 Å². The minimum atomic E-state index is 0.900. The zero-order valence-electron chi connectivity index (χ0n) is 10.7. The van der Waals surface area contributed by atoms with Crippen LogP contribution in [0, 0.1) is 0 Å². The molecule has 0 saturated heterocycles. The van der Waals surface area contributed by atoms with Crippen LogP contribution < -0.4 is 0 Å². The van der Waals surface area contributed by atoms with Gasteiger partial charge in [0.05, 0.1) is 11.4 Å². The monoisotopic (exact) mass is 236 g/mol. The first-order valence-electron chi connectivity index (χ1n) is 6.01. The first kappa shape index (κ1) is 12.2. The maximum absolute atomic E-state index is 4.37. The van der Waals surface area contributed by atoms with Crippen molar-refractivity contribution in [3.8, 4) is 11.4 Å². The van der Waals surface area contributed by atoms with Gasteiger partial charge in [-0.05, 0) is 49.2 Å². The van der Waals surface area contributed by atoms with E-state index in [1.54, 1.807) is 0 Å². The fourth-order valence-electron chi connectivity index (χ4n) is 1.77. The quantitative estimate of drug-likeness (QED) is 0.797. The van der Waals surface area contributed by atoms with Crippen LogP contribution in [0.15, 0.2) is 48.8 Å². The van der Waals surface area contributed by atoms with E-state index in [4.69, 9.17) is 0 Å². The Morgan fingerprint density at radius 2 is 1.22 bits per heavy atom. The second-order valence-corrected chi connectivity index (χ2v) is 3.95. The molecule has 0 unspecified atom stereocenters. The van der Waals surface area contributed by atoms with Crippen LogP contribution in [0.25, 0.3) is 23.5 Å². The van der Waals surface area contributed by atoms with Crippen LogP contribution in [0.3, 0.4) is 0 Å². The third-order valence-corrected chi connectivity index (χ3v) is 2.55. The van der Waals surface area contributed by atoms with Crippen molar-refractivity contribution in [3.63, 3.8) is 0 Å². The van der Waals surface area contributed by atoms with Crippen molar-refractivity contribution < 1.29 is 0 Å². The van der Waals surface area contributed by atoms with Crippen LogP contribution in [0.2, 0.25) is 0 Å². The van der Waals surface area contributed by atoms with Crippen molar-refractivity contribution in [3.05, 3.63) is 59.9 Å². The summed E-state index contributed by atoms with van der Waals surface area (Å²) in [5.74, 6) is 0. The number of allylic oxidation sites excluding steroid dienone is 2. The van der Waals surface area contributed by atoms with Crippen molar-refractivity contribution in [1.82, 2.24) is 9.97 Å². The molecule has 0 spiro atoms. The van der Waals surface area contributed by atoms with E-state index in [9.17, 15) is 0 Å². The molecule has 2 rings (SSSR count). The highest BCUT2D eigenvalue weighted by Gasteiger charge is 2.01. The zero-order chi connectivity index (χ0) is 12.8. The number of hydrogen-bond acceptors (Lipinski definition) is 2. The van der Waals surface area contributed by atoms with Gasteiger partial charge < -0.3 is 0 Å². The van der Waals surface area contributed by atoms with Gasteiger partial charge in [0.25, 0.3) is 0 Å². The molecular weight excluding hydrogens is 220 g/mol. The Hall–Kier alpha value is -2.22. The second-order valence-electron chi connectivity index (χ2n) is 3.95. The lowest BCUT2D eigenvalue weighted by Crippen LogP contribution is -1.88. The van der Waals surface area contributed by atoms with Gasteiger partial charge >= 0.3 is 0 Å². The molecule has 2 nitrogen and oxygen atoms in total. The number of nitrogens with zero attached hydrogens (tertiary/aromatic N) is 2. The standard InChI is InChI=1S/C16H16N2/c1-3-5-13-7-9-17-15(11-13)16-12-14(6-4-2)8-10-18-16/h3-12H,1-2H3/b5-3+,6-4+. The molecule has 90 valence electrons. The Kier molecular flexibility index (Phi) is 4.02. The summed E-state index contributed by atoms with van der Waals surface area (Å²) in [5.41, 5.74) is 4.08. The zero-order valence-corrected chi connectivity index (χ0v) is 10.7. The molecule has 0 radical (unpaired) electrons. The highest BCUT2D eigenvalue weighted by molar-refractivity contribution is 5.63. The van der Waals surface area contributed by atoms with Crippen molar-refractivity contribution in [2.24, 2.45) is 0 Å². The number of hydrogen-bond donors (Lipinski definition) is 0. The van der Waals surface area contributed by atoms with E-state index in [2.05, 4.69) is 22.1 Å². The lowest BCUT2D eigenvalue weighted by molar-refractivity contribution is 1.24. The molecule has 2 aromatic rings. The molecule has 2 heterocycles. The third kappa shape index (κ3) is 2.92. The molecule has 0 bridgehead atoms. The smallest absolute Gasteiger partial charge is 0.0892 e. The van der Waals surface area contributed by atoms with E-state index in [-0.39, 0.29) is 0 Å². The van der Waals surface area contributed by atoms with Gasteiger partial charge in [-0.25, -0.2) is 0 Å². The average molecular weight is 236 g/mol. The lowest BCUT2D eigenvalue weighted by atomic mass is 10.1. The normalized spacial score (nSPS) is 11.4. The summed E-state index contributed by atoms with van der Waals surface area (Å²) in [6.45, 7) is 4.01. The van der Waals surface area contributed by atoms with Gasteiger partial charge in [-0.3, -0.25) is 9.97 Å². The minimum Gasteiger partial charge on any atom is -0.255 e. The van der Waals surface area contributed by atoms with Crippen LogP contribution in [-0.4, -0.2) is 9.97 Å². The van der Waals surface area contributed by atoms with Gasteiger partial charge in [0, 0.05) is 12.4 Å². The number of pyridine rings is 2. The highest BCUT2D eigenvalue weighted by Crippen LogP contribution is 2.17. The Labute approximate surface area is 108 Å². The topological polar surface area (TPSA) is 25.8 Å². The van der Waals surface area contributed by atoms with E-state index < -0.39 is 0 Å². The molecule has 18 heavy (non-hydrogen) atoms. The molecule has 0 aliphatic rings. The maximum Gasteiger partial charge on any atom is 0.0892 e. The van der Waals surface area contributed by atoms with Crippen molar-refractivity contribution in [2.45, 2.75) is 13.8 Å². The molecule has 2 aromatic heterocycles. The summed E-state index contributed by atoms with van der Waals surface area (Å²) in [6, 6.07) is 8.06. The first-order valence-corrected chi connectivity index (χ1v) is 6.01. The van der Waals surface area contributed by atoms with Crippen LogP contribution in [0.5, 0.6) is 0 Å². The van der Waals surface area contributed by atoms with E-state index in [0.29, 0.717) is 0 Å². The average Bonchev–Trinajstić information content (AvgIpc) is 2.40. The van der Waals surface area contributed by atoms with Gasteiger partial charge in [0.1, 0.15) is 0 Å². The van der Waals surface area contributed by atoms with Gasteiger partial charge in [-0.2, -0.15) is 0 Å². The molecule has 0 saturated carbocycles. The predicted molar refractivity (Wildman–Crippen MR) is 76.9 cm³/mol. The molecule has 0 atom stereocenters. The Bertz CT molecular complexity index is 530. The number of aromatic nitrogens is 2. The van der Waals surface area contributed by atoms with Crippen LogP contribution in [0.4, 0.5) is 0 Å². The van der Waals surface area contributed by atoms with Crippen LogP contribution in [-0.2, 0) is 0 Å². The lowest BCUT2D eigenvalue weighted by Gasteiger charge is -2.02. The van der Waals surface area contributed by atoms with Crippen LogP contribution >= 0.6 is 0 Å². The maximum atomic E-state index is 4.37. The van der Waals surface area contributed by atoms with Crippen LogP contribution in [0.1, 0.15) is 25.0 Å². The molecule has 0 aliphatic carbocycles. The van der Waals surface area contributed by atoms with E-state index in [0.717, 1.165) is 22.5 Å². The van der Waals surface area contributed by atoms with Crippen molar-refractivity contribution >= 4 is 12.2 Å². The summed E-state index contributed by atoms with van der Waals surface area (Å²) in [6.07, 6.45) is 11.8. The third-order valence-electron chi connectivity index (χ3n) is 2.55. The first-order chi connectivity index (χ1) is 8.83. The summed E-state index contributed by atoms with van der Waals surface area (Å²) in [4.78, 5) is 8.75. The molecule has 0 amide bonds. The summed E-state index contributed by atoms with van der Waals surface area (Å²) < 4.78 is 0. The van der Waals surface area contributed by atoms with Gasteiger partial charge in [0.2, 0.25) is 0 Å². The summed E-state index contributed by atoms with van der Waals surface area (Å²) in [7, 11) is 0. The highest BCUT2D eigenvalue weighted by atomic mass is 14.8. The molecule has 2 heteroatoms. The Morgan fingerprint density at radius 3 is 1.61 bits per heavy atom. The molecular formula is C16H16N2. The second kappa shape index (κ2) is 5.92. The number of rotatable bonds is 3. The van der Waals surface area contributed by atoms with Crippen molar-refractivity contribution in [1.29, 1.82) is 0 Å². The largest absolute Gasteiger partial charge is 0.255 e. The fraction of sp³-hybridized carbons (Fsp3) is 0.125. The predicted octanol–water partition coefficient (Wildman–Crippen LogP) is 4.21. The van der Waals surface area contributed by atoms with E-state index >= 15 is 0 Å². The Balaban J connectivity index is 2.41. The van der Waals surface area contributed by atoms with Gasteiger partial charge in [0.15, 0.2) is 0 Å². The molecule has 0 fully saturated rings. The minimum absolute atomic E-state index is 0.900. The summed E-state index contributed by atoms with van der Waals surface area (Å²) >= 11 is 0. The van der Waals surface area contributed by atoms with Crippen molar-refractivity contribution in [2.75, 3.05) is 0 Å². The fourth-order valence-corrected chi connectivity index (χ4v) is 1.77. The molecule has 0 aromatic carbocycles. The van der Waals surface area contributed by atoms with E-state index in [1.807, 2.05) is 62.7 Å². The molecule has 0 N–H and O–H groups in total. The van der Waals surface area contributed by atoms with Gasteiger partial charge in [-0.1, -0.05) is 24.3 Å².